The predicted molar refractivity (Wildman–Crippen MR) is 156 cm³/mol. The van der Waals surface area contributed by atoms with Gasteiger partial charge < -0.3 is 15.5 Å². The molecule has 0 fully saturated rings. The van der Waals surface area contributed by atoms with E-state index >= 15 is 0 Å². The number of aliphatic imine (C=N–C) groups is 2. The number of nitrogens with zero attached hydrogens (tertiary/aromatic N) is 4. The lowest BCUT2D eigenvalue weighted by atomic mass is 9.86. The van der Waals surface area contributed by atoms with E-state index < -0.39 is 5.83 Å². The number of rotatable bonds is 12. The van der Waals surface area contributed by atoms with Gasteiger partial charge in [-0.1, -0.05) is 55.8 Å². The Bertz CT molecular complexity index is 1160. The Morgan fingerprint density at radius 1 is 1.34 bits per heavy atom. The highest BCUT2D eigenvalue weighted by atomic mass is 35.5. The van der Waals surface area contributed by atoms with Crippen molar-refractivity contribution < 1.29 is 9.18 Å². The first kappa shape index (κ1) is 29.5. The van der Waals surface area contributed by atoms with Crippen LogP contribution in [-0.4, -0.2) is 66.6 Å². The van der Waals surface area contributed by atoms with Crippen LogP contribution < -0.4 is 10.6 Å². The molecular formula is C29H38ClFN6O. The first-order valence-electron chi connectivity index (χ1n) is 13.1. The average molecular weight is 541 g/mol. The molecule has 204 valence electrons. The molecule has 1 aromatic rings. The molecule has 2 heterocycles. The van der Waals surface area contributed by atoms with Crippen LogP contribution >= 0.6 is 11.6 Å². The Morgan fingerprint density at radius 2 is 2.11 bits per heavy atom. The van der Waals surface area contributed by atoms with Gasteiger partial charge in [-0.2, -0.15) is 0 Å². The van der Waals surface area contributed by atoms with E-state index in [1.165, 1.54) is 6.08 Å². The molecule has 0 radical (unpaired) electrons. The Hall–Kier alpha value is -3.10. The molecule has 0 spiro atoms. The smallest absolute Gasteiger partial charge is 0.212 e. The second kappa shape index (κ2) is 14.2. The molecule has 1 aliphatic carbocycles. The van der Waals surface area contributed by atoms with Crippen LogP contribution in [0, 0.1) is 11.8 Å². The zero-order chi connectivity index (χ0) is 27.7. The van der Waals surface area contributed by atoms with Crippen LogP contribution in [0.25, 0.3) is 0 Å². The number of hydrogen-bond acceptors (Lipinski definition) is 5. The van der Waals surface area contributed by atoms with Crippen molar-refractivity contribution in [2.75, 3.05) is 32.0 Å². The number of carbonyl (C=O) groups excluding carboxylic acids is 1. The lowest BCUT2D eigenvalue weighted by Gasteiger charge is -2.35. The first-order valence-corrected chi connectivity index (χ1v) is 13.5. The van der Waals surface area contributed by atoms with Gasteiger partial charge in [0.1, 0.15) is 28.9 Å². The van der Waals surface area contributed by atoms with E-state index in [4.69, 9.17) is 16.6 Å². The molecular weight excluding hydrogens is 503 g/mol. The number of carbonyl (C=O) groups is 1. The summed E-state index contributed by atoms with van der Waals surface area (Å²) < 4.78 is 14.7. The van der Waals surface area contributed by atoms with E-state index in [-0.39, 0.29) is 40.2 Å². The standard InChI is InChI=1S/C29H38ClFN6O/c1-6-7-15-37(20(4)17-32-5)29(35-25-13-9-8-11-21(25)19(2)3)22-16-23(30)26(36-28(22)34-18-38)27-24(31)12-10-14-33-27/h6,8-9,11-13,16,18-21,25,32H,1,7,10,14-15,17H2,2-5H3,(H,34,36,38). The van der Waals surface area contributed by atoms with Crippen LogP contribution in [0.3, 0.4) is 0 Å². The molecule has 0 saturated heterocycles. The fraction of sp³-hybridized carbons (Fsp3) is 0.448. The van der Waals surface area contributed by atoms with Crippen LogP contribution in [-0.2, 0) is 4.79 Å². The van der Waals surface area contributed by atoms with E-state index in [1.807, 2.05) is 19.2 Å². The highest BCUT2D eigenvalue weighted by Gasteiger charge is 2.29. The normalized spacial score (nSPS) is 20.1. The van der Waals surface area contributed by atoms with Crippen molar-refractivity contribution in [1.82, 2.24) is 15.2 Å². The maximum atomic E-state index is 14.7. The van der Waals surface area contributed by atoms with Crippen LogP contribution in [0.2, 0.25) is 5.02 Å². The minimum atomic E-state index is -0.474. The van der Waals surface area contributed by atoms with Crippen molar-refractivity contribution in [1.29, 1.82) is 0 Å². The van der Waals surface area contributed by atoms with Crippen LogP contribution in [0.1, 0.15) is 44.9 Å². The second-order valence-electron chi connectivity index (χ2n) is 9.76. The predicted octanol–water partition coefficient (Wildman–Crippen LogP) is 5.35. The minimum Gasteiger partial charge on any atom is -0.352 e. The number of hydrogen-bond donors (Lipinski definition) is 2. The summed E-state index contributed by atoms with van der Waals surface area (Å²) in [6, 6.07) is 1.62. The fourth-order valence-electron chi connectivity index (χ4n) is 4.69. The van der Waals surface area contributed by atoms with Crippen molar-refractivity contribution in [3.05, 3.63) is 71.2 Å². The molecule has 0 bridgehead atoms. The zero-order valence-electron chi connectivity index (χ0n) is 22.6. The van der Waals surface area contributed by atoms with E-state index in [0.717, 1.165) is 6.42 Å². The van der Waals surface area contributed by atoms with E-state index in [2.05, 4.69) is 71.1 Å². The van der Waals surface area contributed by atoms with E-state index in [9.17, 15) is 9.18 Å². The summed E-state index contributed by atoms with van der Waals surface area (Å²) in [7, 11) is 1.90. The average Bonchev–Trinajstić information content (AvgIpc) is 2.90. The third-order valence-electron chi connectivity index (χ3n) is 6.65. The van der Waals surface area contributed by atoms with E-state index in [0.29, 0.717) is 49.8 Å². The number of halogens is 2. The number of likely N-dealkylation sites (N-methyl/N-ethyl adjacent to an activating group) is 1. The summed E-state index contributed by atoms with van der Waals surface area (Å²) >= 11 is 6.74. The van der Waals surface area contributed by atoms with Crippen LogP contribution in [0.15, 0.2) is 64.9 Å². The zero-order valence-corrected chi connectivity index (χ0v) is 23.4. The number of amidine groups is 1. The summed E-state index contributed by atoms with van der Waals surface area (Å²) in [5, 5.41) is 6.19. The number of allylic oxidation sites excluding steroid dienone is 3. The Morgan fingerprint density at radius 3 is 2.76 bits per heavy atom. The fourth-order valence-corrected chi connectivity index (χ4v) is 4.93. The molecule has 3 rings (SSSR count). The third-order valence-corrected chi connectivity index (χ3v) is 6.94. The van der Waals surface area contributed by atoms with Gasteiger partial charge >= 0.3 is 0 Å². The van der Waals surface area contributed by atoms with Crippen molar-refractivity contribution in [2.45, 2.75) is 45.7 Å². The largest absolute Gasteiger partial charge is 0.352 e. The topological polar surface area (TPSA) is 82.0 Å². The molecule has 3 atom stereocenters. The van der Waals surface area contributed by atoms with Crippen LogP contribution in [0.4, 0.5) is 10.2 Å². The van der Waals surface area contributed by atoms with Crippen molar-refractivity contribution in [2.24, 2.45) is 21.8 Å². The first-order chi connectivity index (χ1) is 18.3. The lowest BCUT2D eigenvalue weighted by Crippen LogP contribution is -2.45. The molecule has 3 unspecified atom stereocenters. The molecule has 0 saturated carbocycles. The molecule has 38 heavy (non-hydrogen) atoms. The Balaban J connectivity index is 2.25. The number of anilines is 1. The summed E-state index contributed by atoms with van der Waals surface area (Å²) in [6.07, 6.45) is 13.5. The van der Waals surface area contributed by atoms with Gasteiger partial charge in [0.15, 0.2) is 0 Å². The van der Waals surface area contributed by atoms with E-state index in [1.54, 1.807) is 6.07 Å². The molecule has 1 amide bonds. The van der Waals surface area contributed by atoms with Gasteiger partial charge in [0.05, 0.1) is 16.6 Å². The van der Waals surface area contributed by atoms with Gasteiger partial charge in [-0.3, -0.25) is 14.8 Å². The molecule has 1 aromatic heterocycles. The van der Waals surface area contributed by atoms with Gasteiger partial charge in [0, 0.05) is 31.6 Å². The maximum absolute atomic E-state index is 14.7. The Kier molecular flexibility index (Phi) is 11.0. The van der Waals surface area contributed by atoms with Gasteiger partial charge in [-0.05, 0) is 44.9 Å². The monoisotopic (exact) mass is 540 g/mol. The SMILES string of the molecule is C=CCCN(C(=NC1C=CC=CC1C(C)C)c1cc(Cl)c(C2=NCCC=C2F)nc1NC=O)C(C)CNC. The number of dihydropyridines is 1. The number of amides is 1. The second-order valence-corrected chi connectivity index (χ2v) is 10.2. The lowest BCUT2D eigenvalue weighted by molar-refractivity contribution is -0.105. The summed E-state index contributed by atoms with van der Waals surface area (Å²) in [5.74, 6) is 0.974. The summed E-state index contributed by atoms with van der Waals surface area (Å²) in [4.78, 5) is 28.1. The summed E-state index contributed by atoms with van der Waals surface area (Å²) in [6.45, 7) is 12.2. The van der Waals surface area contributed by atoms with Gasteiger partial charge in [-0.15, -0.1) is 6.58 Å². The summed E-state index contributed by atoms with van der Waals surface area (Å²) in [5.41, 5.74) is 0.839. The van der Waals surface area contributed by atoms with Crippen molar-refractivity contribution >= 4 is 35.4 Å². The van der Waals surface area contributed by atoms with Gasteiger partial charge in [0.2, 0.25) is 6.41 Å². The number of nitrogens with one attached hydrogen (secondary N) is 2. The molecule has 0 aromatic carbocycles. The van der Waals surface area contributed by atoms with Crippen molar-refractivity contribution in [3.8, 4) is 0 Å². The molecule has 2 N–H and O–H groups in total. The van der Waals surface area contributed by atoms with Crippen LogP contribution in [0.5, 0.6) is 0 Å². The van der Waals surface area contributed by atoms with Crippen molar-refractivity contribution in [3.63, 3.8) is 0 Å². The minimum absolute atomic E-state index is 0.0462. The van der Waals surface area contributed by atoms with Gasteiger partial charge in [0.25, 0.3) is 0 Å². The number of pyridine rings is 1. The highest BCUT2D eigenvalue weighted by Crippen LogP contribution is 2.30. The highest BCUT2D eigenvalue weighted by molar-refractivity contribution is 6.35. The molecule has 7 nitrogen and oxygen atoms in total. The third kappa shape index (κ3) is 7.05. The van der Waals surface area contributed by atoms with Gasteiger partial charge in [-0.25, -0.2) is 9.37 Å². The molecule has 2 aliphatic rings. The maximum Gasteiger partial charge on any atom is 0.212 e. The quantitative estimate of drug-likeness (QED) is 0.162. The molecule has 9 heteroatoms. The number of aromatic nitrogens is 1. The Labute approximate surface area is 230 Å². The molecule has 1 aliphatic heterocycles.